The molecule has 2 heteroatoms. The van der Waals surface area contributed by atoms with Crippen molar-refractivity contribution in [2.24, 2.45) is 0 Å². The van der Waals surface area contributed by atoms with E-state index in [1.807, 2.05) is 11.3 Å². The molecular formula is C49H33NS. The van der Waals surface area contributed by atoms with Gasteiger partial charge in [-0.15, -0.1) is 11.3 Å². The molecule has 0 saturated heterocycles. The minimum Gasteiger partial charge on any atom is -0.337 e. The normalized spacial score (nSPS) is 11.6. The SMILES string of the molecule is c1ccc(-c2ccccc2CN(c2ccc(-c3cccc4sc5c6ccccc6ccc5c34)cc2)c2ccc3c(ccc4ccccc43)c2)cc1. The lowest BCUT2D eigenvalue weighted by molar-refractivity contribution is 0.979. The van der Waals surface area contributed by atoms with Gasteiger partial charge in [0.05, 0.1) is 0 Å². The number of thiophene rings is 1. The molecule has 9 aromatic carbocycles. The predicted octanol–water partition coefficient (Wildman–Crippen LogP) is 14.2. The van der Waals surface area contributed by atoms with Crippen molar-refractivity contribution in [1.29, 1.82) is 0 Å². The average Bonchev–Trinajstić information content (AvgIpc) is 3.60. The molecule has 10 rings (SSSR count). The minimum atomic E-state index is 0.737. The van der Waals surface area contributed by atoms with Gasteiger partial charge >= 0.3 is 0 Å². The third-order valence-electron chi connectivity index (χ3n) is 10.3. The second-order valence-corrected chi connectivity index (χ2v) is 14.3. The Hall–Kier alpha value is -6.22. The van der Waals surface area contributed by atoms with E-state index in [1.165, 1.54) is 86.0 Å². The Morgan fingerprint density at radius 1 is 0.392 bits per heavy atom. The molecule has 0 radical (unpaired) electrons. The van der Waals surface area contributed by atoms with Crippen LogP contribution in [0.2, 0.25) is 0 Å². The first-order valence-electron chi connectivity index (χ1n) is 17.5. The maximum Gasteiger partial charge on any atom is 0.0487 e. The van der Waals surface area contributed by atoms with Crippen molar-refractivity contribution in [1.82, 2.24) is 0 Å². The van der Waals surface area contributed by atoms with E-state index in [0.717, 1.165) is 12.2 Å². The monoisotopic (exact) mass is 667 g/mol. The van der Waals surface area contributed by atoms with Gasteiger partial charge in [-0.05, 0) is 90.5 Å². The highest BCUT2D eigenvalue weighted by atomic mass is 32.1. The van der Waals surface area contributed by atoms with Crippen LogP contribution in [0.25, 0.3) is 74.7 Å². The van der Waals surface area contributed by atoms with E-state index >= 15 is 0 Å². The van der Waals surface area contributed by atoms with Crippen LogP contribution in [0.4, 0.5) is 11.4 Å². The molecule has 0 saturated carbocycles. The smallest absolute Gasteiger partial charge is 0.0487 e. The zero-order valence-electron chi connectivity index (χ0n) is 28.0. The van der Waals surface area contributed by atoms with Gasteiger partial charge in [-0.25, -0.2) is 0 Å². The molecule has 51 heavy (non-hydrogen) atoms. The second kappa shape index (κ2) is 12.3. The summed E-state index contributed by atoms with van der Waals surface area (Å²) < 4.78 is 2.69. The highest BCUT2D eigenvalue weighted by Gasteiger charge is 2.17. The Labute approximate surface area is 301 Å². The van der Waals surface area contributed by atoms with Gasteiger partial charge in [0.1, 0.15) is 0 Å². The van der Waals surface area contributed by atoms with Gasteiger partial charge in [-0.2, -0.15) is 0 Å². The molecule has 1 heterocycles. The first kappa shape index (κ1) is 29.7. The number of rotatable bonds is 6. The molecule has 0 amide bonds. The number of hydrogen-bond acceptors (Lipinski definition) is 2. The second-order valence-electron chi connectivity index (χ2n) is 13.3. The molecule has 0 aliphatic carbocycles. The van der Waals surface area contributed by atoms with E-state index in [9.17, 15) is 0 Å². The summed E-state index contributed by atoms with van der Waals surface area (Å²) in [5.74, 6) is 0. The summed E-state index contributed by atoms with van der Waals surface area (Å²) in [6.45, 7) is 0.737. The Morgan fingerprint density at radius 2 is 1.00 bits per heavy atom. The first-order valence-corrected chi connectivity index (χ1v) is 18.4. The van der Waals surface area contributed by atoms with E-state index in [1.54, 1.807) is 0 Å². The molecule has 1 aromatic heterocycles. The van der Waals surface area contributed by atoms with Crippen LogP contribution in [0.5, 0.6) is 0 Å². The number of anilines is 2. The third-order valence-corrected chi connectivity index (χ3v) is 11.6. The fourth-order valence-corrected chi connectivity index (χ4v) is 9.11. The van der Waals surface area contributed by atoms with Crippen molar-refractivity contribution in [3.05, 3.63) is 194 Å². The van der Waals surface area contributed by atoms with Crippen LogP contribution in [0.15, 0.2) is 188 Å². The number of hydrogen-bond donors (Lipinski definition) is 0. The summed E-state index contributed by atoms with van der Waals surface area (Å²) in [6, 6.07) is 68.9. The first-order chi connectivity index (χ1) is 25.3. The molecule has 0 atom stereocenters. The summed E-state index contributed by atoms with van der Waals surface area (Å²) in [5.41, 5.74) is 8.62. The van der Waals surface area contributed by atoms with Gasteiger partial charge in [0, 0.05) is 38.1 Å². The van der Waals surface area contributed by atoms with Crippen LogP contribution >= 0.6 is 11.3 Å². The molecule has 10 aromatic rings. The largest absolute Gasteiger partial charge is 0.337 e. The van der Waals surface area contributed by atoms with Crippen molar-refractivity contribution in [3.8, 4) is 22.3 Å². The standard InChI is InChI=1S/C49H33NS/c1-2-11-33(12-3-1)41-16-7-6-15-38(41)32-50(40-28-30-43-37(31-40)22-21-34-13-4-8-17-42(34)43)39-26-23-36(24-27-39)44-19-10-20-47-48(44)46-29-25-35-14-5-9-18-45(35)49(46)51-47/h1-31H,32H2. The summed E-state index contributed by atoms with van der Waals surface area (Å²) in [6.07, 6.45) is 0. The molecule has 1 nitrogen and oxygen atoms in total. The number of benzene rings is 9. The summed E-state index contributed by atoms with van der Waals surface area (Å²) in [4.78, 5) is 2.47. The van der Waals surface area contributed by atoms with Crippen molar-refractivity contribution in [3.63, 3.8) is 0 Å². The number of nitrogens with zero attached hydrogens (tertiary/aromatic N) is 1. The van der Waals surface area contributed by atoms with E-state index in [-0.39, 0.29) is 0 Å². The van der Waals surface area contributed by atoms with E-state index < -0.39 is 0 Å². The maximum absolute atomic E-state index is 2.47. The van der Waals surface area contributed by atoms with Crippen molar-refractivity contribution >= 4 is 75.2 Å². The van der Waals surface area contributed by atoms with Gasteiger partial charge in [0.25, 0.3) is 0 Å². The zero-order chi connectivity index (χ0) is 33.7. The van der Waals surface area contributed by atoms with Gasteiger partial charge in [-0.1, -0.05) is 158 Å². The van der Waals surface area contributed by atoms with Crippen LogP contribution in [0.3, 0.4) is 0 Å². The fraction of sp³-hybridized carbons (Fsp3) is 0.0204. The predicted molar refractivity (Wildman–Crippen MR) is 221 cm³/mol. The van der Waals surface area contributed by atoms with Crippen LogP contribution < -0.4 is 4.90 Å². The molecule has 0 unspecified atom stereocenters. The van der Waals surface area contributed by atoms with Crippen LogP contribution in [0.1, 0.15) is 5.56 Å². The molecular weight excluding hydrogens is 635 g/mol. The molecule has 0 bridgehead atoms. The lowest BCUT2D eigenvalue weighted by Gasteiger charge is -2.27. The van der Waals surface area contributed by atoms with Crippen molar-refractivity contribution < 1.29 is 0 Å². The van der Waals surface area contributed by atoms with E-state index in [0.29, 0.717) is 0 Å². The molecule has 0 aliphatic heterocycles. The lowest BCUT2D eigenvalue weighted by atomic mass is 9.97. The highest BCUT2D eigenvalue weighted by Crippen LogP contribution is 2.43. The van der Waals surface area contributed by atoms with Crippen molar-refractivity contribution in [2.75, 3.05) is 4.90 Å². The quantitative estimate of drug-likeness (QED) is 0.160. The Morgan fingerprint density at radius 3 is 1.86 bits per heavy atom. The van der Waals surface area contributed by atoms with Gasteiger partial charge < -0.3 is 4.90 Å². The third kappa shape index (κ3) is 5.15. The van der Waals surface area contributed by atoms with Crippen LogP contribution in [-0.4, -0.2) is 0 Å². The maximum atomic E-state index is 2.47. The van der Waals surface area contributed by atoms with Crippen LogP contribution in [-0.2, 0) is 6.54 Å². The van der Waals surface area contributed by atoms with E-state index in [2.05, 4.69) is 193 Å². The molecule has 240 valence electrons. The Bertz CT molecular complexity index is 2880. The molecule has 0 fully saturated rings. The van der Waals surface area contributed by atoms with E-state index in [4.69, 9.17) is 0 Å². The topological polar surface area (TPSA) is 3.24 Å². The highest BCUT2D eigenvalue weighted by molar-refractivity contribution is 7.26. The average molecular weight is 668 g/mol. The zero-order valence-corrected chi connectivity index (χ0v) is 28.8. The fourth-order valence-electron chi connectivity index (χ4n) is 7.84. The van der Waals surface area contributed by atoms with Gasteiger partial charge in [0.15, 0.2) is 0 Å². The number of fused-ring (bicyclic) bond motifs is 8. The minimum absolute atomic E-state index is 0.737. The molecule has 0 spiro atoms. The van der Waals surface area contributed by atoms with Gasteiger partial charge in [0.2, 0.25) is 0 Å². The summed E-state index contributed by atoms with van der Waals surface area (Å²) in [5, 5.41) is 10.4. The molecule has 0 N–H and O–H groups in total. The Kier molecular flexibility index (Phi) is 7.14. The van der Waals surface area contributed by atoms with Crippen LogP contribution in [0, 0.1) is 0 Å². The summed E-state index contributed by atoms with van der Waals surface area (Å²) >= 11 is 1.90. The van der Waals surface area contributed by atoms with Crippen molar-refractivity contribution in [2.45, 2.75) is 6.54 Å². The van der Waals surface area contributed by atoms with Gasteiger partial charge in [-0.3, -0.25) is 0 Å². The lowest BCUT2D eigenvalue weighted by Crippen LogP contribution is -2.17. The Balaban J connectivity index is 1.10. The summed E-state index contributed by atoms with van der Waals surface area (Å²) in [7, 11) is 0. The molecule has 0 aliphatic rings.